The minimum Gasteiger partial charge on any atom is -0.504 e. The summed E-state index contributed by atoms with van der Waals surface area (Å²) in [7, 11) is 0. The van der Waals surface area contributed by atoms with Crippen molar-refractivity contribution in [2.24, 2.45) is 11.7 Å². The topological polar surface area (TPSA) is 95.6 Å². The van der Waals surface area contributed by atoms with Crippen LogP contribution in [-0.2, 0) is 11.2 Å². The summed E-state index contributed by atoms with van der Waals surface area (Å²) >= 11 is 0. The number of amides is 1. The van der Waals surface area contributed by atoms with Gasteiger partial charge in [-0.25, -0.2) is 0 Å². The van der Waals surface area contributed by atoms with Crippen molar-refractivity contribution in [3.05, 3.63) is 23.8 Å². The standard InChI is InChI=1S/C16H24N2O3/c1-10-4-2-3-5-13(10)18-16(21)12(17)8-11-6-7-14(19)15(20)9-11/h6-7,9-10,12-13,19-20H,2-5,8,17H2,1H3,(H,18,21)/t10?,12-,13?/m0/s1. The number of rotatable bonds is 4. The third-order valence-corrected chi connectivity index (χ3v) is 4.27. The molecule has 0 heterocycles. The molecule has 1 fully saturated rings. The Kier molecular flexibility index (Phi) is 5.07. The summed E-state index contributed by atoms with van der Waals surface area (Å²) in [6, 6.07) is 4.06. The normalized spacial score (nSPS) is 23.5. The Morgan fingerprint density at radius 1 is 1.33 bits per heavy atom. The lowest BCUT2D eigenvalue weighted by atomic mass is 9.85. The van der Waals surface area contributed by atoms with Gasteiger partial charge in [-0.3, -0.25) is 4.79 Å². The molecule has 21 heavy (non-hydrogen) atoms. The number of hydrogen-bond donors (Lipinski definition) is 4. The van der Waals surface area contributed by atoms with Gasteiger partial charge in [0.15, 0.2) is 11.5 Å². The average Bonchev–Trinajstić information content (AvgIpc) is 2.45. The number of aromatic hydroxyl groups is 2. The zero-order valence-electron chi connectivity index (χ0n) is 12.4. The Balaban J connectivity index is 1.91. The summed E-state index contributed by atoms with van der Waals surface area (Å²) in [6.07, 6.45) is 4.87. The summed E-state index contributed by atoms with van der Waals surface area (Å²) in [4.78, 5) is 12.2. The van der Waals surface area contributed by atoms with Gasteiger partial charge in [0.25, 0.3) is 0 Å². The number of carbonyl (C=O) groups excluding carboxylic acids is 1. The first-order chi connectivity index (χ1) is 9.97. The highest BCUT2D eigenvalue weighted by Crippen LogP contribution is 2.26. The quantitative estimate of drug-likeness (QED) is 0.635. The molecular formula is C16H24N2O3. The smallest absolute Gasteiger partial charge is 0.237 e. The molecular weight excluding hydrogens is 268 g/mol. The van der Waals surface area contributed by atoms with Crippen molar-refractivity contribution < 1.29 is 15.0 Å². The number of phenols is 2. The second-order valence-electron chi connectivity index (χ2n) is 6.01. The summed E-state index contributed by atoms with van der Waals surface area (Å²) in [5.74, 6) is -0.0252. The van der Waals surface area contributed by atoms with E-state index in [0.717, 1.165) is 24.8 Å². The number of nitrogens with one attached hydrogen (secondary N) is 1. The highest BCUT2D eigenvalue weighted by molar-refractivity contribution is 5.82. The van der Waals surface area contributed by atoms with Gasteiger partial charge in [-0.2, -0.15) is 0 Å². The van der Waals surface area contributed by atoms with Crippen molar-refractivity contribution >= 4 is 5.91 Å². The van der Waals surface area contributed by atoms with E-state index < -0.39 is 6.04 Å². The summed E-state index contributed by atoms with van der Waals surface area (Å²) in [5.41, 5.74) is 6.67. The van der Waals surface area contributed by atoms with Gasteiger partial charge in [-0.1, -0.05) is 25.8 Å². The monoisotopic (exact) mass is 292 g/mol. The summed E-state index contributed by atoms with van der Waals surface area (Å²) in [6.45, 7) is 2.16. The van der Waals surface area contributed by atoms with Crippen LogP contribution in [0.15, 0.2) is 18.2 Å². The Morgan fingerprint density at radius 3 is 2.71 bits per heavy atom. The van der Waals surface area contributed by atoms with Crippen LogP contribution in [0.4, 0.5) is 0 Å². The van der Waals surface area contributed by atoms with E-state index in [-0.39, 0.29) is 23.4 Å². The lowest BCUT2D eigenvalue weighted by Gasteiger charge is -2.30. The van der Waals surface area contributed by atoms with Gasteiger partial charge in [0, 0.05) is 6.04 Å². The number of carbonyl (C=O) groups is 1. The second kappa shape index (κ2) is 6.80. The van der Waals surface area contributed by atoms with Crippen LogP contribution in [0.3, 0.4) is 0 Å². The molecule has 0 spiro atoms. The minimum absolute atomic E-state index is 0.152. The lowest BCUT2D eigenvalue weighted by molar-refractivity contribution is -0.123. The fourth-order valence-electron chi connectivity index (χ4n) is 2.86. The van der Waals surface area contributed by atoms with Crippen LogP contribution < -0.4 is 11.1 Å². The maximum atomic E-state index is 12.2. The first kappa shape index (κ1) is 15.6. The summed E-state index contributed by atoms with van der Waals surface area (Å²) in [5, 5.41) is 21.8. The number of benzene rings is 1. The average molecular weight is 292 g/mol. The molecule has 0 bridgehead atoms. The molecule has 1 aromatic rings. The predicted molar refractivity (Wildman–Crippen MR) is 81.0 cm³/mol. The maximum Gasteiger partial charge on any atom is 0.237 e. The minimum atomic E-state index is -0.650. The molecule has 5 nitrogen and oxygen atoms in total. The van der Waals surface area contributed by atoms with Crippen molar-refractivity contribution in [2.45, 2.75) is 51.1 Å². The van der Waals surface area contributed by atoms with Gasteiger partial charge in [0.1, 0.15) is 0 Å². The van der Waals surface area contributed by atoms with Crippen molar-refractivity contribution in [1.29, 1.82) is 0 Å². The van der Waals surface area contributed by atoms with E-state index in [9.17, 15) is 15.0 Å². The fraction of sp³-hybridized carbons (Fsp3) is 0.562. The molecule has 116 valence electrons. The molecule has 0 saturated heterocycles. The van der Waals surface area contributed by atoms with E-state index in [1.54, 1.807) is 6.07 Å². The number of nitrogens with two attached hydrogens (primary N) is 1. The van der Waals surface area contributed by atoms with Crippen molar-refractivity contribution in [2.75, 3.05) is 0 Å². The Morgan fingerprint density at radius 2 is 2.05 bits per heavy atom. The largest absolute Gasteiger partial charge is 0.504 e. The van der Waals surface area contributed by atoms with Gasteiger partial charge < -0.3 is 21.3 Å². The molecule has 0 radical (unpaired) electrons. The molecule has 5 heteroatoms. The Bertz CT molecular complexity index is 504. The van der Waals surface area contributed by atoms with Gasteiger partial charge in [0.05, 0.1) is 6.04 Å². The lowest BCUT2D eigenvalue weighted by Crippen LogP contribution is -2.49. The molecule has 0 aliphatic heterocycles. The number of hydrogen-bond acceptors (Lipinski definition) is 4. The van der Waals surface area contributed by atoms with Gasteiger partial charge in [0.2, 0.25) is 5.91 Å². The summed E-state index contributed by atoms with van der Waals surface area (Å²) < 4.78 is 0. The third kappa shape index (κ3) is 4.11. The molecule has 5 N–H and O–H groups in total. The number of phenolic OH excluding ortho intramolecular Hbond substituents is 2. The Labute approximate surface area is 125 Å². The highest BCUT2D eigenvalue weighted by atomic mass is 16.3. The Hall–Kier alpha value is -1.75. The predicted octanol–water partition coefficient (Wildman–Crippen LogP) is 1.66. The zero-order valence-corrected chi connectivity index (χ0v) is 12.4. The zero-order chi connectivity index (χ0) is 15.4. The first-order valence-corrected chi connectivity index (χ1v) is 7.54. The van der Waals surface area contributed by atoms with Crippen LogP contribution in [0.1, 0.15) is 38.2 Å². The van der Waals surface area contributed by atoms with E-state index >= 15 is 0 Å². The van der Waals surface area contributed by atoms with Crippen LogP contribution >= 0.6 is 0 Å². The first-order valence-electron chi connectivity index (χ1n) is 7.54. The van der Waals surface area contributed by atoms with Crippen LogP contribution in [0.25, 0.3) is 0 Å². The van der Waals surface area contributed by atoms with Crippen LogP contribution in [-0.4, -0.2) is 28.2 Å². The van der Waals surface area contributed by atoms with Crippen LogP contribution in [0, 0.1) is 5.92 Å². The molecule has 1 aromatic carbocycles. The molecule has 1 aliphatic carbocycles. The van der Waals surface area contributed by atoms with Gasteiger partial charge in [-0.15, -0.1) is 0 Å². The molecule has 1 aliphatic rings. The van der Waals surface area contributed by atoms with Crippen molar-refractivity contribution in [1.82, 2.24) is 5.32 Å². The van der Waals surface area contributed by atoms with E-state index in [2.05, 4.69) is 12.2 Å². The molecule has 1 saturated carbocycles. The van der Waals surface area contributed by atoms with Crippen molar-refractivity contribution in [3.8, 4) is 11.5 Å². The third-order valence-electron chi connectivity index (χ3n) is 4.27. The molecule has 3 atom stereocenters. The van der Waals surface area contributed by atoms with Crippen molar-refractivity contribution in [3.63, 3.8) is 0 Å². The van der Waals surface area contributed by atoms with Gasteiger partial charge >= 0.3 is 0 Å². The van der Waals surface area contributed by atoms with E-state index in [0.29, 0.717) is 12.3 Å². The molecule has 2 rings (SSSR count). The van der Waals surface area contributed by atoms with Gasteiger partial charge in [-0.05, 0) is 42.9 Å². The van der Waals surface area contributed by atoms with E-state index in [1.807, 2.05) is 0 Å². The molecule has 0 aromatic heterocycles. The van der Waals surface area contributed by atoms with Crippen LogP contribution in [0.2, 0.25) is 0 Å². The molecule has 1 amide bonds. The maximum absolute atomic E-state index is 12.2. The SMILES string of the molecule is CC1CCCCC1NC(=O)[C@@H](N)Cc1ccc(O)c(O)c1. The second-order valence-corrected chi connectivity index (χ2v) is 6.01. The highest BCUT2D eigenvalue weighted by Gasteiger charge is 2.25. The van der Waals surface area contributed by atoms with Crippen LogP contribution in [0.5, 0.6) is 11.5 Å². The molecule has 2 unspecified atom stereocenters. The van der Waals surface area contributed by atoms with E-state index in [1.165, 1.54) is 18.6 Å². The fourth-order valence-corrected chi connectivity index (χ4v) is 2.86. The van der Waals surface area contributed by atoms with E-state index in [4.69, 9.17) is 5.73 Å².